The van der Waals surface area contributed by atoms with Crippen molar-refractivity contribution in [2.24, 2.45) is 0 Å². The van der Waals surface area contributed by atoms with Crippen LogP contribution in [0.15, 0.2) is 6.07 Å². The van der Waals surface area contributed by atoms with E-state index in [1.807, 2.05) is 11.6 Å². The van der Waals surface area contributed by atoms with E-state index in [1.165, 1.54) is 6.42 Å². The summed E-state index contributed by atoms with van der Waals surface area (Å²) in [6, 6.07) is 2.09. The lowest BCUT2D eigenvalue weighted by atomic mass is 10.1. The Bertz CT molecular complexity index is 728. The molecule has 2 aromatic rings. The molecule has 1 atom stereocenters. The number of hydrogen-bond donors (Lipinski definition) is 0. The number of nitrogens with zero attached hydrogens (tertiary/aromatic N) is 6. The molecule has 0 spiro atoms. The Morgan fingerprint density at radius 1 is 1.12 bits per heavy atom. The highest BCUT2D eigenvalue weighted by Crippen LogP contribution is 2.21. The first-order valence-electron chi connectivity index (χ1n) is 9.58. The van der Waals surface area contributed by atoms with Crippen LogP contribution in [0.3, 0.4) is 0 Å². The van der Waals surface area contributed by atoms with Gasteiger partial charge in [-0.3, -0.25) is 9.25 Å². The number of rotatable bonds is 5. The fraction of sp³-hybridized carbons (Fsp3) is 0.722. The van der Waals surface area contributed by atoms with Crippen molar-refractivity contribution in [3.05, 3.63) is 23.3 Å². The second-order valence-electron chi connectivity index (χ2n) is 7.20. The fourth-order valence-corrected chi connectivity index (χ4v) is 3.75. The van der Waals surface area contributed by atoms with E-state index in [0.717, 1.165) is 75.5 Å². The second-order valence-corrected chi connectivity index (χ2v) is 7.20. The lowest BCUT2D eigenvalue weighted by Gasteiger charge is -2.30. The molecule has 0 amide bonds. The molecule has 0 N–H and O–H groups in total. The molecular formula is C18H28N6O2. The summed E-state index contributed by atoms with van der Waals surface area (Å²) in [6.45, 7) is 9.55. The van der Waals surface area contributed by atoms with Gasteiger partial charge in [-0.1, -0.05) is 0 Å². The number of hydrogen-bond acceptors (Lipinski definition) is 6. The van der Waals surface area contributed by atoms with Crippen LogP contribution in [0.4, 0.5) is 5.95 Å². The maximum absolute atomic E-state index is 5.98. The highest BCUT2D eigenvalue weighted by molar-refractivity contribution is 5.32. The average Bonchev–Trinajstić information content (AvgIpc) is 3.19. The van der Waals surface area contributed by atoms with Crippen molar-refractivity contribution in [1.29, 1.82) is 0 Å². The molecular weight excluding hydrogens is 332 g/mol. The largest absolute Gasteiger partial charge is 0.378 e. The third kappa shape index (κ3) is 3.76. The third-order valence-corrected chi connectivity index (χ3v) is 5.16. The van der Waals surface area contributed by atoms with Crippen LogP contribution in [0, 0.1) is 13.8 Å². The van der Waals surface area contributed by atoms with Gasteiger partial charge < -0.3 is 14.4 Å². The Morgan fingerprint density at radius 3 is 2.65 bits per heavy atom. The van der Waals surface area contributed by atoms with E-state index in [4.69, 9.17) is 9.47 Å². The Balaban J connectivity index is 1.61. The summed E-state index contributed by atoms with van der Waals surface area (Å²) >= 11 is 0. The molecule has 2 aliphatic heterocycles. The number of aryl methyl sites for hydroxylation is 2. The summed E-state index contributed by atoms with van der Waals surface area (Å²) in [5, 5.41) is 13.6. The molecule has 0 aliphatic carbocycles. The number of anilines is 1. The van der Waals surface area contributed by atoms with E-state index in [-0.39, 0.29) is 6.10 Å². The molecule has 8 nitrogen and oxygen atoms in total. The zero-order valence-electron chi connectivity index (χ0n) is 15.7. The molecule has 0 bridgehead atoms. The molecule has 2 aliphatic rings. The molecule has 8 heteroatoms. The predicted molar refractivity (Wildman–Crippen MR) is 97.4 cm³/mol. The van der Waals surface area contributed by atoms with Gasteiger partial charge in [-0.25, -0.2) is 0 Å². The Kier molecular flexibility index (Phi) is 5.21. The summed E-state index contributed by atoms with van der Waals surface area (Å²) < 4.78 is 15.7. The Morgan fingerprint density at radius 2 is 1.96 bits per heavy atom. The standard InChI is InChI=1S/C18H28N6O2/c1-14-11-15(2)24(21-14)13-17-19-20-18(22-6-9-25-10-7-22)23(17)12-16-5-3-4-8-26-16/h11,16H,3-10,12-13H2,1-2H3. The fourth-order valence-electron chi connectivity index (χ4n) is 3.75. The number of aromatic nitrogens is 5. The Labute approximate surface area is 154 Å². The van der Waals surface area contributed by atoms with Gasteiger partial charge in [0.2, 0.25) is 5.95 Å². The summed E-state index contributed by atoms with van der Waals surface area (Å²) in [7, 11) is 0. The highest BCUT2D eigenvalue weighted by Gasteiger charge is 2.24. The molecule has 1 unspecified atom stereocenters. The van der Waals surface area contributed by atoms with Gasteiger partial charge in [0, 0.05) is 25.4 Å². The van der Waals surface area contributed by atoms with Crippen molar-refractivity contribution < 1.29 is 9.47 Å². The quantitative estimate of drug-likeness (QED) is 0.806. The highest BCUT2D eigenvalue weighted by atomic mass is 16.5. The zero-order valence-corrected chi connectivity index (χ0v) is 15.7. The van der Waals surface area contributed by atoms with Crippen molar-refractivity contribution in [2.75, 3.05) is 37.8 Å². The monoisotopic (exact) mass is 360 g/mol. The lowest BCUT2D eigenvalue weighted by molar-refractivity contribution is 0.00553. The van der Waals surface area contributed by atoms with Crippen LogP contribution in [-0.2, 0) is 22.6 Å². The maximum Gasteiger partial charge on any atom is 0.227 e. The van der Waals surface area contributed by atoms with Crippen LogP contribution >= 0.6 is 0 Å². The molecule has 4 rings (SSSR count). The first-order valence-corrected chi connectivity index (χ1v) is 9.58. The smallest absolute Gasteiger partial charge is 0.227 e. The minimum atomic E-state index is 0.235. The van der Waals surface area contributed by atoms with Crippen molar-refractivity contribution >= 4 is 5.95 Å². The molecule has 142 valence electrons. The first-order chi connectivity index (χ1) is 12.7. The van der Waals surface area contributed by atoms with Crippen LogP contribution in [0.25, 0.3) is 0 Å². The summed E-state index contributed by atoms with van der Waals surface area (Å²) in [6.07, 6.45) is 3.72. The second kappa shape index (κ2) is 7.75. The van der Waals surface area contributed by atoms with Gasteiger partial charge in [0.1, 0.15) is 6.54 Å². The van der Waals surface area contributed by atoms with E-state index in [9.17, 15) is 0 Å². The van der Waals surface area contributed by atoms with E-state index >= 15 is 0 Å². The van der Waals surface area contributed by atoms with Gasteiger partial charge in [0.05, 0.1) is 31.6 Å². The minimum Gasteiger partial charge on any atom is -0.378 e. The molecule has 0 aromatic carbocycles. The van der Waals surface area contributed by atoms with Crippen LogP contribution in [0.5, 0.6) is 0 Å². The number of ether oxygens (including phenoxy) is 2. The van der Waals surface area contributed by atoms with E-state index in [1.54, 1.807) is 0 Å². The number of morpholine rings is 1. The molecule has 2 saturated heterocycles. The van der Waals surface area contributed by atoms with Gasteiger partial charge in [0.25, 0.3) is 0 Å². The van der Waals surface area contributed by atoms with E-state index in [2.05, 4.69) is 37.8 Å². The minimum absolute atomic E-state index is 0.235. The van der Waals surface area contributed by atoms with Crippen LogP contribution in [0.2, 0.25) is 0 Å². The molecule has 0 saturated carbocycles. The predicted octanol–water partition coefficient (Wildman–Crippen LogP) is 1.55. The van der Waals surface area contributed by atoms with Gasteiger partial charge in [-0.05, 0) is 39.2 Å². The average molecular weight is 360 g/mol. The van der Waals surface area contributed by atoms with Crippen LogP contribution in [-0.4, -0.2) is 63.6 Å². The third-order valence-electron chi connectivity index (χ3n) is 5.16. The zero-order chi connectivity index (χ0) is 17.9. The van der Waals surface area contributed by atoms with Crippen molar-refractivity contribution in [2.45, 2.75) is 52.3 Å². The maximum atomic E-state index is 5.98. The van der Waals surface area contributed by atoms with Gasteiger partial charge in [-0.15, -0.1) is 10.2 Å². The van der Waals surface area contributed by atoms with Crippen LogP contribution in [0.1, 0.15) is 36.5 Å². The van der Waals surface area contributed by atoms with Crippen LogP contribution < -0.4 is 4.90 Å². The van der Waals surface area contributed by atoms with Gasteiger partial charge in [0.15, 0.2) is 5.82 Å². The summed E-state index contributed by atoms with van der Waals surface area (Å²) in [4.78, 5) is 2.27. The topological polar surface area (TPSA) is 70.2 Å². The normalized spacial score (nSPS) is 21.3. The molecule has 2 fully saturated rings. The van der Waals surface area contributed by atoms with Crippen molar-refractivity contribution in [3.8, 4) is 0 Å². The molecule has 26 heavy (non-hydrogen) atoms. The molecule has 4 heterocycles. The molecule has 0 radical (unpaired) electrons. The Hall–Kier alpha value is -1.93. The van der Waals surface area contributed by atoms with Crippen molar-refractivity contribution in [1.82, 2.24) is 24.5 Å². The van der Waals surface area contributed by atoms with Gasteiger partial charge >= 0.3 is 0 Å². The summed E-state index contributed by atoms with van der Waals surface area (Å²) in [5.74, 6) is 1.87. The SMILES string of the molecule is Cc1cc(C)n(Cc2nnc(N3CCOCC3)n2CC2CCCCO2)n1. The lowest BCUT2D eigenvalue weighted by Crippen LogP contribution is -2.39. The first kappa shape index (κ1) is 17.5. The van der Waals surface area contributed by atoms with E-state index in [0.29, 0.717) is 6.54 Å². The van der Waals surface area contributed by atoms with Gasteiger partial charge in [-0.2, -0.15) is 5.10 Å². The summed E-state index contributed by atoms with van der Waals surface area (Å²) in [5.41, 5.74) is 2.16. The van der Waals surface area contributed by atoms with Crippen molar-refractivity contribution in [3.63, 3.8) is 0 Å². The van der Waals surface area contributed by atoms with E-state index < -0.39 is 0 Å². The molecule has 2 aromatic heterocycles.